The van der Waals surface area contributed by atoms with Gasteiger partial charge in [-0.2, -0.15) is 15.0 Å². The third-order valence-electron chi connectivity index (χ3n) is 2.57. The van der Waals surface area contributed by atoms with Crippen molar-refractivity contribution < 1.29 is 0 Å². The second-order valence-corrected chi connectivity index (χ2v) is 5.81. The average Bonchev–Trinajstić information content (AvgIpc) is 2.35. The van der Waals surface area contributed by atoms with Crippen molar-refractivity contribution in [3.8, 4) is 0 Å². The van der Waals surface area contributed by atoms with Gasteiger partial charge in [0.1, 0.15) is 0 Å². The first kappa shape index (κ1) is 15.1. The summed E-state index contributed by atoms with van der Waals surface area (Å²) in [4.78, 5) is 12.5. The normalized spacial score (nSPS) is 10.6. The molecule has 2 aromatic rings. The van der Waals surface area contributed by atoms with Crippen molar-refractivity contribution >= 4 is 29.3 Å². The Balaban J connectivity index is 2.10. The molecule has 6 heteroatoms. The molecule has 0 unspecified atom stereocenters. The van der Waals surface area contributed by atoms with E-state index >= 15 is 0 Å². The van der Waals surface area contributed by atoms with Crippen LogP contribution in [-0.4, -0.2) is 21.5 Å². The van der Waals surface area contributed by atoms with Crippen molar-refractivity contribution in [2.75, 3.05) is 11.9 Å². The number of aryl methyl sites for hydroxylation is 2. The smallest absolute Gasteiger partial charge is 0.228 e. The molecule has 1 aromatic heterocycles. The summed E-state index contributed by atoms with van der Waals surface area (Å²) in [5.41, 5.74) is 3.79. The van der Waals surface area contributed by atoms with Gasteiger partial charge in [0.05, 0.1) is 0 Å². The lowest BCUT2D eigenvalue weighted by molar-refractivity contribution is 0.898. The SMILES string of the molecule is CCNc1nc(Cl)nc(SCc2cc(C)cc(C)c2)n1. The Bertz CT molecular complexity index is 583. The average molecular weight is 309 g/mol. The monoisotopic (exact) mass is 308 g/mol. The number of aromatic nitrogens is 3. The summed E-state index contributed by atoms with van der Waals surface area (Å²) in [7, 11) is 0. The van der Waals surface area contributed by atoms with E-state index < -0.39 is 0 Å². The molecular weight excluding hydrogens is 292 g/mol. The summed E-state index contributed by atoms with van der Waals surface area (Å²) in [6, 6.07) is 6.51. The predicted molar refractivity (Wildman–Crippen MR) is 84.5 cm³/mol. The lowest BCUT2D eigenvalue weighted by atomic mass is 10.1. The van der Waals surface area contributed by atoms with Crippen LogP contribution in [0.4, 0.5) is 5.95 Å². The van der Waals surface area contributed by atoms with Crippen LogP contribution < -0.4 is 5.32 Å². The van der Waals surface area contributed by atoms with Crippen LogP contribution in [0.2, 0.25) is 5.28 Å². The number of benzene rings is 1. The summed E-state index contributed by atoms with van der Waals surface area (Å²) in [5, 5.41) is 3.91. The molecule has 0 amide bonds. The highest BCUT2D eigenvalue weighted by atomic mass is 35.5. The molecule has 0 aliphatic carbocycles. The fraction of sp³-hybridized carbons (Fsp3) is 0.357. The number of thioether (sulfide) groups is 1. The number of nitrogens with zero attached hydrogens (tertiary/aromatic N) is 3. The first-order valence-electron chi connectivity index (χ1n) is 6.42. The Kier molecular flexibility index (Phi) is 5.20. The molecule has 1 heterocycles. The molecule has 0 bridgehead atoms. The van der Waals surface area contributed by atoms with Gasteiger partial charge in [0.15, 0.2) is 5.16 Å². The molecule has 20 heavy (non-hydrogen) atoms. The van der Waals surface area contributed by atoms with E-state index in [4.69, 9.17) is 11.6 Å². The minimum Gasteiger partial charge on any atom is -0.354 e. The third kappa shape index (κ3) is 4.35. The Morgan fingerprint density at radius 2 is 1.80 bits per heavy atom. The summed E-state index contributed by atoms with van der Waals surface area (Å²) in [6.07, 6.45) is 0. The molecular formula is C14H17ClN4S. The summed E-state index contributed by atoms with van der Waals surface area (Å²) >= 11 is 7.46. The summed E-state index contributed by atoms with van der Waals surface area (Å²) in [6.45, 7) is 6.94. The quantitative estimate of drug-likeness (QED) is 0.850. The van der Waals surface area contributed by atoms with Crippen molar-refractivity contribution in [3.05, 3.63) is 40.2 Å². The molecule has 0 fully saturated rings. The van der Waals surface area contributed by atoms with Crippen LogP contribution in [0.3, 0.4) is 0 Å². The lowest BCUT2D eigenvalue weighted by Crippen LogP contribution is -2.04. The van der Waals surface area contributed by atoms with E-state index in [1.54, 1.807) is 11.8 Å². The van der Waals surface area contributed by atoms with Crippen molar-refractivity contribution in [1.29, 1.82) is 0 Å². The second-order valence-electron chi connectivity index (χ2n) is 4.53. The van der Waals surface area contributed by atoms with Crippen LogP contribution in [0.25, 0.3) is 0 Å². The summed E-state index contributed by atoms with van der Waals surface area (Å²) < 4.78 is 0. The molecule has 2 rings (SSSR count). The molecule has 106 valence electrons. The molecule has 0 aliphatic heterocycles. The van der Waals surface area contributed by atoms with Gasteiger partial charge in [-0.05, 0) is 37.9 Å². The largest absolute Gasteiger partial charge is 0.354 e. The van der Waals surface area contributed by atoms with Gasteiger partial charge >= 0.3 is 0 Å². The maximum Gasteiger partial charge on any atom is 0.228 e. The highest BCUT2D eigenvalue weighted by Crippen LogP contribution is 2.22. The van der Waals surface area contributed by atoms with Crippen molar-refractivity contribution in [2.45, 2.75) is 31.7 Å². The first-order chi connectivity index (χ1) is 9.56. The Morgan fingerprint density at radius 3 is 2.45 bits per heavy atom. The fourth-order valence-corrected chi connectivity index (χ4v) is 2.91. The van der Waals surface area contributed by atoms with Gasteiger partial charge in [-0.3, -0.25) is 0 Å². The van der Waals surface area contributed by atoms with Crippen molar-refractivity contribution in [2.24, 2.45) is 0 Å². The van der Waals surface area contributed by atoms with E-state index in [1.807, 2.05) is 6.92 Å². The fourth-order valence-electron chi connectivity index (χ4n) is 1.93. The number of hydrogen-bond donors (Lipinski definition) is 1. The number of hydrogen-bond acceptors (Lipinski definition) is 5. The van der Waals surface area contributed by atoms with Gasteiger partial charge in [-0.25, -0.2) is 0 Å². The molecule has 0 aliphatic rings. The summed E-state index contributed by atoms with van der Waals surface area (Å²) in [5.74, 6) is 1.34. The van der Waals surface area contributed by atoms with Gasteiger partial charge in [-0.1, -0.05) is 41.1 Å². The molecule has 0 spiro atoms. The molecule has 0 saturated carbocycles. The molecule has 1 aromatic carbocycles. The minimum atomic E-state index is 0.221. The molecule has 1 N–H and O–H groups in total. The predicted octanol–water partition coefficient (Wildman–Crippen LogP) is 3.87. The molecule has 0 saturated heterocycles. The van der Waals surface area contributed by atoms with Crippen LogP contribution in [-0.2, 0) is 5.75 Å². The molecule has 4 nitrogen and oxygen atoms in total. The highest BCUT2D eigenvalue weighted by Gasteiger charge is 2.06. The van der Waals surface area contributed by atoms with E-state index in [2.05, 4.69) is 52.3 Å². The zero-order valence-corrected chi connectivity index (χ0v) is 13.3. The number of anilines is 1. The van der Waals surface area contributed by atoms with Gasteiger partial charge < -0.3 is 5.32 Å². The van der Waals surface area contributed by atoms with Crippen molar-refractivity contribution in [1.82, 2.24) is 15.0 Å². The third-order valence-corrected chi connectivity index (χ3v) is 3.66. The Hall–Kier alpha value is -1.33. The van der Waals surface area contributed by atoms with Crippen LogP contribution in [0, 0.1) is 13.8 Å². The van der Waals surface area contributed by atoms with E-state index in [1.165, 1.54) is 16.7 Å². The number of nitrogens with one attached hydrogen (secondary N) is 1. The van der Waals surface area contributed by atoms with Gasteiger partial charge in [0.25, 0.3) is 0 Å². The standard InChI is InChI=1S/C14H17ClN4S/c1-4-16-13-17-12(15)18-14(19-13)20-8-11-6-9(2)5-10(3)7-11/h5-7H,4,8H2,1-3H3,(H,16,17,18,19). The zero-order chi connectivity index (χ0) is 14.5. The zero-order valence-electron chi connectivity index (χ0n) is 11.8. The highest BCUT2D eigenvalue weighted by molar-refractivity contribution is 7.98. The van der Waals surface area contributed by atoms with Gasteiger partial charge in [-0.15, -0.1) is 0 Å². The van der Waals surface area contributed by atoms with E-state index in [9.17, 15) is 0 Å². The number of rotatable bonds is 5. The van der Waals surface area contributed by atoms with E-state index in [0.29, 0.717) is 11.1 Å². The maximum absolute atomic E-state index is 5.90. The Labute approximate surface area is 128 Å². The van der Waals surface area contributed by atoms with Crippen molar-refractivity contribution in [3.63, 3.8) is 0 Å². The molecule has 0 radical (unpaired) electrons. The van der Waals surface area contributed by atoms with Crippen LogP contribution in [0.1, 0.15) is 23.6 Å². The van der Waals surface area contributed by atoms with Crippen LogP contribution >= 0.6 is 23.4 Å². The first-order valence-corrected chi connectivity index (χ1v) is 7.78. The number of halogens is 1. The van der Waals surface area contributed by atoms with E-state index in [0.717, 1.165) is 12.3 Å². The van der Waals surface area contributed by atoms with Gasteiger partial charge in [0, 0.05) is 12.3 Å². The topological polar surface area (TPSA) is 50.7 Å². The van der Waals surface area contributed by atoms with Crippen LogP contribution in [0.5, 0.6) is 0 Å². The Morgan fingerprint density at radius 1 is 1.10 bits per heavy atom. The second kappa shape index (κ2) is 6.90. The van der Waals surface area contributed by atoms with Gasteiger partial charge in [0.2, 0.25) is 11.2 Å². The lowest BCUT2D eigenvalue weighted by Gasteiger charge is -2.06. The van der Waals surface area contributed by atoms with Crippen LogP contribution in [0.15, 0.2) is 23.4 Å². The maximum atomic E-state index is 5.90. The molecule has 0 atom stereocenters. The van der Waals surface area contributed by atoms with E-state index in [-0.39, 0.29) is 5.28 Å². The minimum absolute atomic E-state index is 0.221.